The van der Waals surface area contributed by atoms with Gasteiger partial charge in [-0.25, -0.2) is 4.68 Å². The zero-order valence-corrected chi connectivity index (χ0v) is 17.8. The summed E-state index contributed by atoms with van der Waals surface area (Å²) in [5.41, 5.74) is 3.97. The van der Waals surface area contributed by atoms with E-state index in [-0.39, 0.29) is 23.7 Å². The Kier molecular flexibility index (Phi) is 8.04. The lowest BCUT2D eigenvalue weighted by Gasteiger charge is -2.37. The van der Waals surface area contributed by atoms with Gasteiger partial charge in [-0.3, -0.25) is 4.79 Å². The summed E-state index contributed by atoms with van der Waals surface area (Å²) in [5, 5.41) is 11.2. The Morgan fingerprint density at radius 2 is 1.93 bits per heavy atom. The zero-order chi connectivity index (χ0) is 19.3. The van der Waals surface area contributed by atoms with E-state index in [9.17, 15) is 4.79 Å². The van der Waals surface area contributed by atoms with E-state index in [1.807, 2.05) is 48.9 Å². The van der Waals surface area contributed by atoms with E-state index in [2.05, 4.69) is 15.7 Å². The fourth-order valence-corrected chi connectivity index (χ4v) is 3.90. The summed E-state index contributed by atoms with van der Waals surface area (Å²) in [6.07, 6.45) is 2.39. The Labute approximate surface area is 173 Å². The van der Waals surface area contributed by atoms with Gasteiger partial charge >= 0.3 is 0 Å². The molecule has 154 valence electrons. The van der Waals surface area contributed by atoms with Crippen molar-refractivity contribution < 1.29 is 9.53 Å². The minimum atomic E-state index is 0. The van der Waals surface area contributed by atoms with Gasteiger partial charge in [0.15, 0.2) is 0 Å². The number of carbonyl (C=O) groups is 1. The SMILES string of the molecule is COCC1(CNC(=O)Cc2c(C)nn(-c3ccccc3)c2C)CCNCC1.Cl. The lowest BCUT2D eigenvalue weighted by molar-refractivity contribution is -0.121. The van der Waals surface area contributed by atoms with E-state index in [0.717, 1.165) is 48.6 Å². The van der Waals surface area contributed by atoms with E-state index in [4.69, 9.17) is 4.74 Å². The van der Waals surface area contributed by atoms with Crippen molar-refractivity contribution in [3.05, 3.63) is 47.3 Å². The third-order valence-corrected chi connectivity index (χ3v) is 5.55. The van der Waals surface area contributed by atoms with E-state index in [1.165, 1.54) is 0 Å². The van der Waals surface area contributed by atoms with Crippen LogP contribution in [-0.2, 0) is 16.0 Å². The molecule has 1 amide bonds. The second-order valence-electron chi connectivity index (χ2n) is 7.53. The van der Waals surface area contributed by atoms with E-state index >= 15 is 0 Å². The van der Waals surface area contributed by atoms with Crippen LogP contribution in [0.25, 0.3) is 5.69 Å². The van der Waals surface area contributed by atoms with E-state index in [1.54, 1.807) is 7.11 Å². The predicted octanol–water partition coefficient (Wildman–Crippen LogP) is 2.59. The van der Waals surface area contributed by atoms with Crippen molar-refractivity contribution in [2.45, 2.75) is 33.1 Å². The van der Waals surface area contributed by atoms with Crippen LogP contribution in [0, 0.1) is 19.3 Å². The summed E-state index contributed by atoms with van der Waals surface area (Å²) in [5.74, 6) is 0.0443. The molecule has 1 aliphatic rings. The van der Waals surface area contributed by atoms with Gasteiger partial charge < -0.3 is 15.4 Å². The molecule has 0 radical (unpaired) electrons. The van der Waals surface area contributed by atoms with E-state index in [0.29, 0.717) is 19.6 Å². The molecule has 1 aromatic carbocycles. The minimum absolute atomic E-state index is 0. The van der Waals surface area contributed by atoms with Crippen LogP contribution in [0.1, 0.15) is 29.8 Å². The van der Waals surface area contributed by atoms with Crippen molar-refractivity contribution >= 4 is 18.3 Å². The molecule has 1 fully saturated rings. The van der Waals surface area contributed by atoms with Crippen LogP contribution >= 0.6 is 12.4 Å². The maximum Gasteiger partial charge on any atom is 0.224 e. The molecule has 1 aromatic heterocycles. The third kappa shape index (κ3) is 5.13. The number of aryl methyl sites for hydroxylation is 1. The molecule has 0 bridgehead atoms. The number of amides is 1. The van der Waals surface area contributed by atoms with Crippen molar-refractivity contribution in [2.24, 2.45) is 5.41 Å². The monoisotopic (exact) mass is 406 g/mol. The van der Waals surface area contributed by atoms with Crippen molar-refractivity contribution in [1.82, 2.24) is 20.4 Å². The average Bonchev–Trinajstić information content (AvgIpc) is 2.96. The van der Waals surface area contributed by atoms with Gasteiger partial charge in [0, 0.05) is 30.3 Å². The van der Waals surface area contributed by atoms with Gasteiger partial charge in [-0.15, -0.1) is 12.4 Å². The number of methoxy groups -OCH3 is 1. The molecule has 2 heterocycles. The number of aromatic nitrogens is 2. The maximum atomic E-state index is 12.6. The summed E-state index contributed by atoms with van der Waals surface area (Å²) >= 11 is 0. The average molecular weight is 407 g/mol. The first-order valence-corrected chi connectivity index (χ1v) is 9.61. The number of ether oxygens (including phenoxy) is 1. The van der Waals surface area contributed by atoms with Crippen molar-refractivity contribution in [1.29, 1.82) is 0 Å². The normalized spacial score (nSPS) is 15.7. The van der Waals surface area contributed by atoms with E-state index < -0.39 is 0 Å². The number of benzene rings is 1. The van der Waals surface area contributed by atoms with Crippen LogP contribution in [0.2, 0.25) is 0 Å². The molecule has 0 spiro atoms. The van der Waals surface area contributed by atoms with Crippen LogP contribution in [0.4, 0.5) is 0 Å². The Bertz CT molecular complexity index is 765. The van der Waals surface area contributed by atoms with Gasteiger partial charge in [0.2, 0.25) is 5.91 Å². The highest BCUT2D eigenvalue weighted by Crippen LogP contribution is 2.28. The number of nitrogens with one attached hydrogen (secondary N) is 2. The molecule has 1 aliphatic heterocycles. The lowest BCUT2D eigenvalue weighted by atomic mass is 9.79. The second-order valence-corrected chi connectivity index (χ2v) is 7.53. The number of hydrogen-bond acceptors (Lipinski definition) is 4. The van der Waals surface area contributed by atoms with Crippen LogP contribution in [-0.4, -0.2) is 49.0 Å². The van der Waals surface area contributed by atoms with Gasteiger partial charge in [0.25, 0.3) is 0 Å². The molecule has 2 aromatic rings. The molecule has 3 rings (SSSR count). The topological polar surface area (TPSA) is 68.2 Å². The molecule has 7 heteroatoms. The number of carbonyl (C=O) groups excluding carboxylic acids is 1. The number of rotatable bonds is 7. The molecule has 2 N–H and O–H groups in total. The highest BCUT2D eigenvalue weighted by atomic mass is 35.5. The van der Waals surface area contributed by atoms with Gasteiger partial charge in [0.05, 0.1) is 24.4 Å². The van der Waals surface area contributed by atoms with Crippen LogP contribution in [0.5, 0.6) is 0 Å². The number of halogens is 1. The summed E-state index contributed by atoms with van der Waals surface area (Å²) in [7, 11) is 1.73. The number of nitrogens with zero attached hydrogens (tertiary/aromatic N) is 2. The Hall–Kier alpha value is -1.89. The molecule has 28 heavy (non-hydrogen) atoms. The largest absolute Gasteiger partial charge is 0.384 e. The third-order valence-electron chi connectivity index (χ3n) is 5.55. The molecular weight excluding hydrogens is 376 g/mol. The first-order valence-electron chi connectivity index (χ1n) is 9.61. The molecule has 0 unspecified atom stereocenters. The van der Waals surface area contributed by atoms with Crippen LogP contribution in [0.15, 0.2) is 30.3 Å². The highest BCUT2D eigenvalue weighted by Gasteiger charge is 2.32. The molecule has 6 nitrogen and oxygen atoms in total. The lowest BCUT2D eigenvalue weighted by Crippen LogP contribution is -2.47. The number of piperidine rings is 1. The summed E-state index contributed by atoms with van der Waals surface area (Å²) in [6.45, 7) is 7.27. The van der Waals surface area contributed by atoms with Gasteiger partial charge in [0.1, 0.15) is 0 Å². The summed E-state index contributed by atoms with van der Waals surface area (Å²) in [6, 6.07) is 10.0. The molecule has 0 aliphatic carbocycles. The summed E-state index contributed by atoms with van der Waals surface area (Å²) < 4.78 is 7.35. The fraction of sp³-hybridized carbons (Fsp3) is 0.524. The fourth-order valence-electron chi connectivity index (χ4n) is 3.90. The minimum Gasteiger partial charge on any atom is -0.384 e. The van der Waals surface area contributed by atoms with Gasteiger partial charge in [-0.1, -0.05) is 18.2 Å². The van der Waals surface area contributed by atoms with Crippen molar-refractivity contribution in [2.75, 3.05) is 33.4 Å². The number of hydrogen-bond donors (Lipinski definition) is 2. The standard InChI is InChI=1S/C21H30N4O2.ClH/c1-16-19(17(2)25(24-16)18-7-5-4-6-8-18)13-20(26)23-14-21(15-27-3)9-11-22-12-10-21;/h4-8,22H,9-15H2,1-3H3,(H,23,26);1H. The van der Waals surface area contributed by atoms with Crippen LogP contribution in [0.3, 0.4) is 0 Å². The molecule has 1 saturated heterocycles. The predicted molar refractivity (Wildman–Crippen MR) is 113 cm³/mol. The van der Waals surface area contributed by atoms with Crippen molar-refractivity contribution in [3.63, 3.8) is 0 Å². The first-order chi connectivity index (χ1) is 13.0. The summed E-state index contributed by atoms with van der Waals surface area (Å²) in [4.78, 5) is 12.6. The Morgan fingerprint density at radius 3 is 2.57 bits per heavy atom. The van der Waals surface area contributed by atoms with Crippen LogP contribution < -0.4 is 10.6 Å². The van der Waals surface area contributed by atoms with Gasteiger partial charge in [-0.2, -0.15) is 5.10 Å². The second kappa shape index (κ2) is 10.0. The number of para-hydroxylation sites is 1. The Balaban J connectivity index is 0.00000280. The molecule has 0 saturated carbocycles. The van der Waals surface area contributed by atoms with Gasteiger partial charge in [-0.05, 0) is 51.9 Å². The first kappa shape index (κ1) is 22.4. The molecular formula is C21H31ClN4O2. The zero-order valence-electron chi connectivity index (χ0n) is 17.0. The smallest absolute Gasteiger partial charge is 0.224 e. The van der Waals surface area contributed by atoms with Crippen molar-refractivity contribution in [3.8, 4) is 5.69 Å². The molecule has 0 atom stereocenters. The quantitative estimate of drug-likeness (QED) is 0.741. The maximum absolute atomic E-state index is 12.6. The Morgan fingerprint density at radius 1 is 1.25 bits per heavy atom. The highest BCUT2D eigenvalue weighted by molar-refractivity contribution is 5.85.